The number of aromatic amines is 3. The van der Waals surface area contributed by atoms with Gasteiger partial charge in [0.2, 0.25) is 12.2 Å². The predicted octanol–water partition coefficient (Wildman–Crippen LogP) is -0.00550. The molecule has 2 atom stereocenters. The molecule has 25 heavy (non-hydrogen) atoms. The normalized spacial score (nSPS) is 24.6. The molecule has 0 amide bonds. The average Bonchev–Trinajstić information content (AvgIpc) is 2.49. The number of aromatic nitrogens is 3. The zero-order valence-electron chi connectivity index (χ0n) is 15.3. The molecule has 0 saturated heterocycles. The molecule has 136 valence electrons. The van der Waals surface area contributed by atoms with E-state index in [1.165, 1.54) is 0 Å². The lowest BCUT2D eigenvalue weighted by Gasteiger charge is -2.44. The minimum Gasteiger partial charge on any atom is -0.259 e. The Kier molecular flexibility index (Phi) is 6.16. The molecule has 1 aliphatic rings. The number of nitrogens with zero attached hydrogens (tertiary/aromatic N) is 2. The van der Waals surface area contributed by atoms with Crippen LogP contribution in [0.3, 0.4) is 0 Å². The van der Waals surface area contributed by atoms with E-state index < -0.39 is 17.1 Å². The molecular formula is C15H21N5O5. The molecule has 0 spiro atoms. The van der Waals surface area contributed by atoms with Crippen LogP contribution in [-0.2, 0) is 9.59 Å². The number of H-pyrrole nitrogens is 3. The molecule has 1 aromatic heterocycles. The molecule has 0 aliphatic heterocycles. The summed E-state index contributed by atoms with van der Waals surface area (Å²) in [6, 6.07) is 0.00750. The molecule has 0 radical (unpaired) electrons. The quantitative estimate of drug-likeness (QED) is 0.515. The zero-order valence-corrected chi connectivity index (χ0v) is 14.3. The lowest BCUT2D eigenvalue weighted by molar-refractivity contribution is 0.0915. The molecule has 3 N–H and O–H groups in total. The minimum atomic E-state index is -1.05. The maximum atomic E-state index is 10.4. The smallest absolute Gasteiger partial charge is 0.259 e. The van der Waals surface area contributed by atoms with Gasteiger partial charge in [-0.1, -0.05) is 20.8 Å². The van der Waals surface area contributed by atoms with Crippen molar-refractivity contribution in [2.75, 3.05) is 6.54 Å². The van der Waals surface area contributed by atoms with E-state index in [4.69, 9.17) is 1.41 Å². The topological polar surface area (TPSA) is 157 Å². The summed E-state index contributed by atoms with van der Waals surface area (Å²) in [5.74, 6) is 0. The third-order valence-electron chi connectivity index (χ3n) is 3.83. The molecule has 1 fully saturated rings. The van der Waals surface area contributed by atoms with Crippen LogP contribution in [0.4, 0.5) is 0 Å². The Morgan fingerprint density at radius 1 is 1.08 bits per heavy atom. The van der Waals surface area contributed by atoms with Gasteiger partial charge >= 0.3 is 17.1 Å². The molecule has 1 aromatic rings. The molecule has 1 heterocycles. The van der Waals surface area contributed by atoms with E-state index in [0.717, 1.165) is 19.3 Å². The van der Waals surface area contributed by atoms with Gasteiger partial charge in [0.05, 0.1) is 12.6 Å². The highest BCUT2D eigenvalue weighted by Crippen LogP contribution is 2.47. The Morgan fingerprint density at radius 3 is 2.20 bits per heavy atom. The number of carbonyl (C=O) groups excluding carboxylic acids is 2. The third kappa shape index (κ3) is 7.07. The summed E-state index contributed by atoms with van der Waals surface area (Å²) in [5.41, 5.74) is -2.94. The maximum Gasteiger partial charge on any atom is 0.330 e. The van der Waals surface area contributed by atoms with E-state index in [1.807, 2.05) is 0 Å². The molecule has 1 aliphatic carbocycles. The molecule has 2 unspecified atom stereocenters. The second-order valence-corrected chi connectivity index (χ2v) is 7.14. The highest BCUT2D eigenvalue weighted by molar-refractivity contribution is 5.34. The number of aliphatic imine (C=N–C) groups is 2. The van der Waals surface area contributed by atoms with Crippen LogP contribution in [0.15, 0.2) is 24.4 Å². The highest BCUT2D eigenvalue weighted by Gasteiger charge is 2.41. The van der Waals surface area contributed by atoms with Crippen LogP contribution in [0.5, 0.6) is 0 Å². The van der Waals surface area contributed by atoms with Crippen molar-refractivity contribution in [1.82, 2.24) is 14.9 Å². The summed E-state index contributed by atoms with van der Waals surface area (Å²) in [4.78, 5) is 62.4. The first-order chi connectivity index (χ1) is 12.0. The van der Waals surface area contributed by atoms with Gasteiger partial charge in [0.25, 0.3) is 0 Å². The fourth-order valence-corrected chi connectivity index (χ4v) is 3.46. The van der Waals surface area contributed by atoms with Crippen LogP contribution in [0.25, 0.3) is 0 Å². The van der Waals surface area contributed by atoms with Crippen molar-refractivity contribution >= 4 is 12.2 Å². The summed E-state index contributed by atoms with van der Waals surface area (Å²) in [7, 11) is 0. The van der Waals surface area contributed by atoms with Gasteiger partial charge in [-0.3, -0.25) is 14.9 Å². The van der Waals surface area contributed by atoms with E-state index in [-0.39, 0.29) is 21.8 Å². The molecular weight excluding hydrogens is 330 g/mol. The Labute approximate surface area is 144 Å². The van der Waals surface area contributed by atoms with Gasteiger partial charge < -0.3 is 0 Å². The van der Waals surface area contributed by atoms with Gasteiger partial charge in [-0.15, -0.1) is 0 Å². The predicted molar refractivity (Wildman–Crippen MR) is 88.9 cm³/mol. The Balaban J connectivity index is 0.000000289. The van der Waals surface area contributed by atoms with Crippen molar-refractivity contribution in [2.45, 2.75) is 46.1 Å². The lowest BCUT2D eigenvalue weighted by Crippen LogP contribution is -2.39. The lowest BCUT2D eigenvalue weighted by atomic mass is 9.63. The number of isocyanates is 2. The standard InChI is InChI=1S/C12H18N2O2.C3H3N3O3/c1-11(2)4-10(14-9-16)5-12(3,6-11)7-13-8-15;7-1-4-2(8)6-3(9)5-1/h10H,4-7H2,1-3H3;(H3,4,5,6,7,8,9)/i/hD. The van der Waals surface area contributed by atoms with Crippen molar-refractivity contribution in [3.63, 3.8) is 0 Å². The van der Waals surface area contributed by atoms with Crippen LogP contribution in [0.1, 0.15) is 40.0 Å². The summed E-state index contributed by atoms with van der Waals surface area (Å²) in [6.45, 7) is 6.86. The summed E-state index contributed by atoms with van der Waals surface area (Å²) >= 11 is 0. The molecule has 0 bridgehead atoms. The van der Waals surface area contributed by atoms with Gasteiger partial charge in [-0.25, -0.2) is 34.0 Å². The van der Waals surface area contributed by atoms with Gasteiger partial charge in [0.15, 0.2) is 1.41 Å². The molecule has 10 heteroatoms. The third-order valence-corrected chi connectivity index (χ3v) is 3.83. The minimum absolute atomic E-state index is 0.00750. The summed E-state index contributed by atoms with van der Waals surface area (Å²) < 4.78 is 6.63. The summed E-state index contributed by atoms with van der Waals surface area (Å²) in [5, 5.41) is 0. The number of rotatable bonds is 3. The molecule has 2 rings (SSSR count). The largest absolute Gasteiger partial charge is 0.330 e. The Bertz CT molecular complexity index is 870. The number of nitrogens with one attached hydrogen (secondary N) is 3. The Morgan fingerprint density at radius 2 is 1.68 bits per heavy atom. The number of hydrogen-bond donors (Lipinski definition) is 3. The monoisotopic (exact) mass is 352 g/mol. The molecule has 1 saturated carbocycles. The van der Waals surface area contributed by atoms with Gasteiger partial charge in [-0.05, 0) is 30.1 Å². The zero-order chi connectivity index (χ0) is 20.0. The maximum absolute atomic E-state index is 10.4. The summed E-state index contributed by atoms with van der Waals surface area (Å²) in [6.07, 6.45) is 5.88. The second-order valence-electron chi connectivity index (χ2n) is 7.14. The average molecular weight is 352 g/mol. The second kappa shape index (κ2) is 8.32. The first kappa shape index (κ1) is 18.5. The van der Waals surface area contributed by atoms with Gasteiger partial charge in [0, 0.05) is 0 Å². The van der Waals surface area contributed by atoms with E-state index in [1.54, 1.807) is 22.1 Å². The van der Waals surface area contributed by atoms with Crippen molar-refractivity contribution < 1.29 is 11.0 Å². The van der Waals surface area contributed by atoms with Gasteiger partial charge in [-0.2, -0.15) is 0 Å². The van der Waals surface area contributed by atoms with Crippen LogP contribution >= 0.6 is 0 Å². The Hall–Kier alpha value is -2.83. The highest BCUT2D eigenvalue weighted by atomic mass is 16.2. The van der Waals surface area contributed by atoms with E-state index in [2.05, 4.69) is 30.8 Å². The van der Waals surface area contributed by atoms with Crippen LogP contribution in [0.2, 0.25) is 1.41 Å². The van der Waals surface area contributed by atoms with Crippen molar-refractivity contribution in [3.05, 3.63) is 31.5 Å². The van der Waals surface area contributed by atoms with Crippen LogP contribution in [0, 0.1) is 10.8 Å². The SMILES string of the molecule is CC1(C)CC(N=C=O)CC(C)(CN=C=O)C1.[2H]n1c(=O)[nH]c(=O)[nH]c1=O. The first-order valence-electron chi connectivity index (χ1n) is 8.02. The fraction of sp³-hybridized carbons (Fsp3) is 0.667. The van der Waals surface area contributed by atoms with E-state index in [9.17, 15) is 24.0 Å². The molecule has 10 nitrogen and oxygen atoms in total. The fourth-order valence-electron chi connectivity index (χ4n) is 3.46. The van der Waals surface area contributed by atoms with Crippen LogP contribution in [-0.4, -0.2) is 39.7 Å². The van der Waals surface area contributed by atoms with E-state index >= 15 is 0 Å². The van der Waals surface area contributed by atoms with Gasteiger partial charge in [0.1, 0.15) is 0 Å². The van der Waals surface area contributed by atoms with Crippen molar-refractivity contribution in [3.8, 4) is 0 Å². The van der Waals surface area contributed by atoms with E-state index in [0.29, 0.717) is 6.54 Å². The van der Waals surface area contributed by atoms with Crippen LogP contribution < -0.4 is 17.1 Å². The number of hydrogen-bond acceptors (Lipinski definition) is 7. The van der Waals surface area contributed by atoms with Crippen molar-refractivity contribution in [1.29, 1.82) is 0 Å². The van der Waals surface area contributed by atoms with Crippen molar-refractivity contribution in [2.24, 2.45) is 20.8 Å². The molecule has 0 aromatic carbocycles. The first-order valence-corrected chi connectivity index (χ1v) is 7.57.